The number of nitrogens with one attached hydrogen (secondary N) is 1. The van der Waals surface area contributed by atoms with E-state index in [1.807, 2.05) is 0 Å². The van der Waals surface area contributed by atoms with Crippen molar-refractivity contribution < 1.29 is 9.90 Å². The van der Waals surface area contributed by atoms with Crippen LogP contribution in [0.15, 0.2) is 47.3 Å². The second-order valence-corrected chi connectivity index (χ2v) is 6.45. The Labute approximate surface area is 159 Å². The molecule has 1 amide bonds. The van der Waals surface area contributed by atoms with Crippen molar-refractivity contribution in [1.82, 2.24) is 9.55 Å². The van der Waals surface area contributed by atoms with Gasteiger partial charge in [0.1, 0.15) is 6.61 Å². The summed E-state index contributed by atoms with van der Waals surface area (Å²) in [6.45, 7) is -0.454. The van der Waals surface area contributed by atoms with Gasteiger partial charge >= 0.3 is 0 Å². The lowest BCUT2D eigenvalue weighted by molar-refractivity contribution is -0.118. The topological polar surface area (TPSA) is 84.2 Å². The third-order valence-electron chi connectivity index (χ3n) is 3.88. The second kappa shape index (κ2) is 7.86. The molecular formula is C18H15Cl2N3O3. The Balaban J connectivity index is 2.01. The molecule has 0 atom stereocenters. The van der Waals surface area contributed by atoms with Gasteiger partial charge in [0.25, 0.3) is 11.5 Å². The number of benzene rings is 2. The molecule has 26 heavy (non-hydrogen) atoms. The minimum atomic E-state index is -0.703. The van der Waals surface area contributed by atoms with Crippen LogP contribution in [0.25, 0.3) is 10.9 Å². The molecule has 0 saturated heterocycles. The third-order valence-corrected chi connectivity index (χ3v) is 4.46. The number of anilines is 1. The molecule has 1 aromatic heterocycles. The fraction of sp³-hybridized carbons (Fsp3) is 0.167. The van der Waals surface area contributed by atoms with Gasteiger partial charge in [-0.05, 0) is 36.2 Å². The van der Waals surface area contributed by atoms with Crippen molar-refractivity contribution >= 4 is 46.0 Å². The molecule has 0 aliphatic heterocycles. The maximum Gasteiger partial charge on any atom is 0.262 e. The molecule has 8 heteroatoms. The van der Waals surface area contributed by atoms with Crippen LogP contribution in [0, 0.1) is 0 Å². The summed E-state index contributed by atoms with van der Waals surface area (Å²) in [6.07, 6.45) is 0.442. The Morgan fingerprint density at radius 3 is 2.69 bits per heavy atom. The van der Waals surface area contributed by atoms with Gasteiger partial charge < -0.3 is 5.11 Å². The highest BCUT2D eigenvalue weighted by Crippen LogP contribution is 2.22. The SMILES string of the molecule is O=C(CO)Nc1nc2ccccc2c(=O)n1CCc1ccc(Cl)cc1Cl. The Kier molecular flexibility index (Phi) is 5.56. The average Bonchev–Trinajstić information content (AvgIpc) is 2.62. The molecule has 0 radical (unpaired) electrons. The number of halogens is 2. The molecule has 2 aromatic carbocycles. The van der Waals surface area contributed by atoms with E-state index in [9.17, 15) is 9.59 Å². The van der Waals surface area contributed by atoms with Crippen molar-refractivity contribution in [3.05, 3.63) is 68.4 Å². The van der Waals surface area contributed by atoms with Crippen molar-refractivity contribution in [2.24, 2.45) is 0 Å². The number of aliphatic hydroxyl groups is 1. The monoisotopic (exact) mass is 391 g/mol. The lowest BCUT2D eigenvalue weighted by Gasteiger charge is -2.14. The smallest absolute Gasteiger partial charge is 0.262 e. The summed E-state index contributed by atoms with van der Waals surface area (Å²) >= 11 is 12.1. The van der Waals surface area contributed by atoms with E-state index in [-0.39, 0.29) is 18.1 Å². The van der Waals surface area contributed by atoms with Crippen LogP contribution in [0.2, 0.25) is 10.0 Å². The molecule has 3 aromatic rings. The number of carbonyl (C=O) groups is 1. The van der Waals surface area contributed by atoms with Crippen LogP contribution in [-0.2, 0) is 17.8 Å². The van der Waals surface area contributed by atoms with Crippen LogP contribution in [0.3, 0.4) is 0 Å². The van der Waals surface area contributed by atoms with E-state index in [0.29, 0.717) is 27.4 Å². The van der Waals surface area contributed by atoms with E-state index in [1.54, 1.807) is 42.5 Å². The van der Waals surface area contributed by atoms with Crippen LogP contribution < -0.4 is 10.9 Å². The Morgan fingerprint density at radius 2 is 1.96 bits per heavy atom. The van der Waals surface area contributed by atoms with Crippen molar-refractivity contribution in [3.63, 3.8) is 0 Å². The van der Waals surface area contributed by atoms with E-state index in [1.165, 1.54) is 4.57 Å². The summed E-state index contributed by atoms with van der Waals surface area (Å²) in [4.78, 5) is 28.8. The van der Waals surface area contributed by atoms with Crippen molar-refractivity contribution in [1.29, 1.82) is 0 Å². The first kappa shape index (κ1) is 18.4. The largest absolute Gasteiger partial charge is 0.387 e. The van der Waals surface area contributed by atoms with E-state index in [2.05, 4.69) is 10.3 Å². The number of hydrogen-bond acceptors (Lipinski definition) is 4. The molecule has 0 aliphatic rings. The maximum atomic E-state index is 12.8. The van der Waals surface area contributed by atoms with Crippen LogP contribution in [0.5, 0.6) is 0 Å². The third kappa shape index (κ3) is 3.88. The standard InChI is InChI=1S/C18H15Cl2N3O3/c19-12-6-5-11(14(20)9-12)7-8-23-17(26)13-3-1-2-4-15(13)21-18(23)22-16(25)10-24/h1-6,9,24H,7-8,10H2,(H,21,22,25). The molecule has 134 valence electrons. The quantitative estimate of drug-likeness (QED) is 0.700. The number of carbonyl (C=O) groups excluding carboxylic acids is 1. The maximum absolute atomic E-state index is 12.8. The van der Waals surface area contributed by atoms with Crippen LogP contribution in [0.1, 0.15) is 5.56 Å². The van der Waals surface area contributed by atoms with Crippen molar-refractivity contribution in [2.75, 3.05) is 11.9 Å². The predicted octanol–water partition coefficient (Wildman–Crippen LogP) is 2.88. The number of aryl methyl sites for hydroxylation is 1. The lowest BCUT2D eigenvalue weighted by Crippen LogP contribution is -2.29. The molecule has 0 saturated carbocycles. The fourth-order valence-electron chi connectivity index (χ4n) is 2.59. The van der Waals surface area contributed by atoms with Gasteiger partial charge in [0, 0.05) is 16.6 Å². The molecule has 0 aliphatic carbocycles. The summed E-state index contributed by atoms with van der Waals surface area (Å²) in [5.41, 5.74) is 0.996. The summed E-state index contributed by atoms with van der Waals surface area (Å²) in [6, 6.07) is 12.0. The molecule has 0 unspecified atom stereocenters. The lowest BCUT2D eigenvalue weighted by atomic mass is 10.1. The second-order valence-electron chi connectivity index (χ2n) is 5.60. The van der Waals surface area contributed by atoms with Crippen LogP contribution in [0.4, 0.5) is 5.95 Å². The van der Waals surface area contributed by atoms with Gasteiger partial charge in [-0.25, -0.2) is 4.98 Å². The zero-order valence-electron chi connectivity index (χ0n) is 13.6. The van der Waals surface area contributed by atoms with Crippen LogP contribution >= 0.6 is 23.2 Å². The van der Waals surface area contributed by atoms with Crippen molar-refractivity contribution in [3.8, 4) is 0 Å². The average molecular weight is 392 g/mol. The zero-order valence-corrected chi connectivity index (χ0v) is 15.1. The first-order valence-electron chi connectivity index (χ1n) is 7.84. The highest BCUT2D eigenvalue weighted by atomic mass is 35.5. The molecule has 0 bridgehead atoms. The summed E-state index contributed by atoms with van der Waals surface area (Å²) in [5.74, 6) is -0.566. The molecular weight excluding hydrogens is 377 g/mol. The number of para-hydroxylation sites is 1. The zero-order chi connectivity index (χ0) is 18.7. The Hall–Kier alpha value is -2.41. The van der Waals surface area contributed by atoms with E-state index in [0.717, 1.165) is 5.56 Å². The van der Waals surface area contributed by atoms with Gasteiger partial charge in [-0.3, -0.25) is 19.5 Å². The molecule has 2 N–H and O–H groups in total. The van der Waals surface area contributed by atoms with Gasteiger partial charge in [-0.15, -0.1) is 0 Å². The predicted molar refractivity (Wildman–Crippen MR) is 102 cm³/mol. The normalized spacial score (nSPS) is 10.9. The fourth-order valence-corrected chi connectivity index (χ4v) is 3.09. The van der Waals surface area contributed by atoms with Gasteiger partial charge in [0.05, 0.1) is 10.9 Å². The first-order valence-corrected chi connectivity index (χ1v) is 8.59. The molecule has 6 nitrogen and oxygen atoms in total. The van der Waals surface area contributed by atoms with Gasteiger partial charge in [0.2, 0.25) is 5.95 Å². The molecule has 3 rings (SSSR count). The van der Waals surface area contributed by atoms with E-state index in [4.69, 9.17) is 28.3 Å². The molecule has 1 heterocycles. The Bertz CT molecular complexity index is 1030. The van der Waals surface area contributed by atoms with E-state index < -0.39 is 12.5 Å². The number of amides is 1. The van der Waals surface area contributed by atoms with Gasteiger partial charge in [-0.2, -0.15) is 0 Å². The minimum Gasteiger partial charge on any atom is -0.387 e. The Morgan fingerprint density at radius 1 is 1.19 bits per heavy atom. The number of rotatable bonds is 5. The number of fused-ring (bicyclic) bond motifs is 1. The highest BCUT2D eigenvalue weighted by Gasteiger charge is 2.13. The number of nitrogens with zero attached hydrogens (tertiary/aromatic N) is 2. The van der Waals surface area contributed by atoms with Crippen LogP contribution in [-0.4, -0.2) is 27.2 Å². The van der Waals surface area contributed by atoms with E-state index >= 15 is 0 Å². The summed E-state index contributed by atoms with van der Waals surface area (Å²) in [7, 11) is 0. The summed E-state index contributed by atoms with van der Waals surface area (Å²) < 4.78 is 1.36. The highest BCUT2D eigenvalue weighted by molar-refractivity contribution is 6.35. The van der Waals surface area contributed by atoms with Crippen molar-refractivity contribution in [2.45, 2.75) is 13.0 Å². The number of hydrogen-bond donors (Lipinski definition) is 2. The summed E-state index contributed by atoms with van der Waals surface area (Å²) in [5, 5.41) is 12.9. The van der Waals surface area contributed by atoms with Gasteiger partial charge in [-0.1, -0.05) is 41.4 Å². The minimum absolute atomic E-state index is 0.0813. The number of aliphatic hydroxyl groups excluding tert-OH is 1. The first-order chi connectivity index (χ1) is 12.5. The molecule has 0 spiro atoms. The number of aromatic nitrogens is 2. The molecule has 0 fully saturated rings. The van der Waals surface area contributed by atoms with Gasteiger partial charge in [0.15, 0.2) is 0 Å².